The average Bonchev–Trinajstić information content (AvgIpc) is 3.25. The van der Waals surface area contributed by atoms with E-state index in [0.717, 1.165) is 39.9 Å². The minimum absolute atomic E-state index is 0.192. The first-order valence-electron chi connectivity index (χ1n) is 10.2. The van der Waals surface area contributed by atoms with Crippen molar-refractivity contribution >= 4 is 5.96 Å². The van der Waals surface area contributed by atoms with Gasteiger partial charge in [-0.05, 0) is 29.7 Å². The predicted octanol–water partition coefficient (Wildman–Crippen LogP) is 3.33. The van der Waals surface area contributed by atoms with E-state index >= 15 is 0 Å². The molecule has 0 spiro atoms. The van der Waals surface area contributed by atoms with Gasteiger partial charge in [0.15, 0.2) is 12.8 Å². The predicted molar refractivity (Wildman–Crippen MR) is 117 cm³/mol. The molecule has 2 aromatic carbocycles. The normalized spacial score (nSPS) is 13.5. The third kappa shape index (κ3) is 5.03. The Labute approximate surface area is 180 Å². The van der Waals surface area contributed by atoms with Crippen LogP contribution in [0.5, 0.6) is 5.75 Å². The zero-order chi connectivity index (χ0) is 21.6. The first-order valence-corrected chi connectivity index (χ1v) is 10.2. The van der Waals surface area contributed by atoms with Crippen molar-refractivity contribution in [1.29, 1.82) is 0 Å². The Hall–Kier alpha value is -3.39. The Morgan fingerprint density at radius 1 is 1.29 bits per heavy atom. The van der Waals surface area contributed by atoms with Crippen molar-refractivity contribution in [2.24, 2.45) is 4.99 Å². The van der Waals surface area contributed by atoms with Crippen molar-refractivity contribution in [3.8, 4) is 17.0 Å². The maximum Gasteiger partial charge on any atom is 0.193 e. The number of halogens is 1. The number of guanidine groups is 1. The van der Waals surface area contributed by atoms with Crippen molar-refractivity contribution < 1.29 is 13.9 Å². The van der Waals surface area contributed by atoms with Crippen molar-refractivity contribution in [3.63, 3.8) is 0 Å². The molecule has 8 heteroatoms. The molecule has 0 amide bonds. The van der Waals surface area contributed by atoms with Gasteiger partial charge in [0.1, 0.15) is 17.4 Å². The number of H-pyrrole nitrogens is 1. The first-order chi connectivity index (χ1) is 15.1. The fourth-order valence-corrected chi connectivity index (χ4v) is 3.64. The highest BCUT2D eigenvalue weighted by molar-refractivity contribution is 5.79. The number of nitrogens with zero attached hydrogens (tertiary/aromatic N) is 3. The number of hydrogen-bond acceptors (Lipinski definition) is 4. The second-order valence-corrected chi connectivity index (χ2v) is 7.35. The Balaban J connectivity index is 1.35. The summed E-state index contributed by atoms with van der Waals surface area (Å²) in [6.07, 6.45) is 2.44. The van der Waals surface area contributed by atoms with Crippen LogP contribution in [0, 0.1) is 5.82 Å². The van der Waals surface area contributed by atoms with Gasteiger partial charge in [0.2, 0.25) is 0 Å². The Bertz CT molecular complexity index is 1050. The fraction of sp³-hybridized carbons (Fsp3) is 0.304. The fourth-order valence-electron chi connectivity index (χ4n) is 3.64. The monoisotopic (exact) mass is 423 g/mol. The molecule has 2 heterocycles. The van der Waals surface area contributed by atoms with E-state index in [0.29, 0.717) is 26.1 Å². The second kappa shape index (κ2) is 9.61. The Morgan fingerprint density at radius 3 is 2.94 bits per heavy atom. The molecule has 1 aliphatic rings. The lowest BCUT2D eigenvalue weighted by molar-refractivity contribution is -0.0172. The highest BCUT2D eigenvalue weighted by atomic mass is 19.1. The molecule has 0 atom stereocenters. The summed E-state index contributed by atoms with van der Waals surface area (Å²) in [5.41, 5.74) is 3.64. The molecule has 1 aliphatic heterocycles. The SMILES string of the molecule is CN=C(NCCc1cc(F)cc2c1OCOC2)N(C)Cc1ncc(-c2ccccc2)[nH]1. The van der Waals surface area contributed by atoms with Gasteiger partial charge in [0, 0.05) is 26.2 Å². The van der Waals surface area contributed by atoms with Crippen LogP contribution in [0.4, 0.5) is 4.39 Å². The second-order valence-electron chi connectivity index (χ2n) is 7.35. The largest absolute Gasteiger partial charge is 0.467 e. The maximum atomic E-state index is 13.9. The average molecular weight is 423 g/mol. The number of hydrogen-bond donors (Lipinski definition) is 2. The van der Waals surface area contributed by atoms with Crippen molar-refractivity contribution in [1.82, 2.24) is 20.2 Å². The van der Waals surface area contributed by atoms with E-state index in [4.69, 9.17) is 9.47 Å². The van der Waals surface area contributed by atoms with Crippen LogP contribution in [-0.2, 0) is 24.3 Å². The molecule has 1 aromatic heterocycles. The molecule has 0 bridgehead atoms. The molecule has 0 fully saturated rings. The van der Waals surface area contributed by atoms with Gasteiger partial charge < -0.3 is 24.7 Å². The number of imidazole rings is 1. The van der Waals surface area contributed by atoms with E-state index < -0.39 is 0 Å². The van der Waals surface area contributed by atoms with Crippen molar-refractivity contribution in [2.45, 2.75) is 19.6 Å². The third-order valence-electron chi connectivity index (χ3n) is 5.10. The molecule has 0 saturated heterocycles. The van der Waals surface area contributed by atoms with Gasteiger partial charge in [-0.15, -0.1) is 0 Å². The van der Waals surface area contributed by atoms with Crippen molar-refractivity contribution in [2.75, 3.05) is 27.4 Å². The Kier molecular flexibility index (Phi) is 6.47. The number of fused-ring (bicyclic) bond motifs is 1. The third-order valence-corrected chi connectivity index (χ3v) is 5.10. The van der Waals surface area contributed by atoms with Crippen LogP contribution in [0.15, 0.2) is 53.7 Å². The van der Waals surface area contributed by atoms with Crippen molar-refractivity contribution in [3.05, 3.63) is 71.4 Å². The van der Waals surface area contributed by atoms with E-state index in [1.165, 1.54) is 12.1 Å². The smallest absolute Gasteiger partial charge is 0.193 e. The molecule has 0 saturated carbocycles. The molecular formula is C23H26FN5O2. The molecule has 0 unspecified atom stereocenters. The molecule has 162 valence electrons. The molecule has 0 aliphatic carbocycles. The summed E-state index contributed by atoms with van der Waals surface area (Å²) in [6.45, 7) is 1.72. The summed E-state index contributed by atoms with van der Waals surface area (Å²) in [6, 6.07) is 13.1. The Morgan fingerprint density at radius 2 is 2.13 bits per heavy atom. The van der Waals surface area contributed by atoms with E-state index in [-0.39, 0.29) is 12.6 Å². The summed E-state index contributed by atoms with van der Waals surface area (Å²) in [4.78, 5) is 14.2. The topological polar surface area (TPSA) is 74.8 Å². The van der Waals surface area contributed by atoms with Gasteiger partial charge in [0.05, 0.1) is 25.0 Å². The van der Waals surface area contributed by atoms with E-state index in [1.54, 1.807) is 7.05 Å². The summed E-state index contributed by atoms with van der Waals surface area (Å²) >= 11 is 0. The highest BCUT2D eigenvalue weighted by Gasteiger charge is 2.17. The standard InChI is InChI=1S/C23H26FN5O2/c1-25-23(26-9-8-17-10-19(24)11-18-14-30-15-31-22(17)18)29(2)13-21-27-12-20(28-21)16-6-4-3-5-7-16/h3-7,10-12H,8-9,13-15H2,1-2H3,(H,25,26)(H,27,28). The van der Waals surface area contributed by atoms with Gasteiger partial charge in [-0.25, -0.2) is 9.37 Å². The number of aliphatic imine (C=N–C) groups is 1. The van der Waals surface area contributed by atoms with Crippen LogP contribution in [0.2, 0.25) is 0 Å². The van der Waals surface area contributed by atoms with Gasteiger partial charge in [0.25, 0.3) is 0 Å². The van der Waals surface area contributed by atoms with Gasteiger partial charge >= 0.3 is 0 Å². The van der Waals surface area contributed by atoms with E-state index in [2.05, 4.69) is 20.3 Å². The highest BCUT2D eigenvalue weighted by Crippen LogP contribution is 2.29. The van der Waals surface area contributed by atoms with Crippen LogP contribution in [0.1, 0.15) is 17.0 Å². The van der Waals surface area contributed by atoms with Gasteiger partial charge in [-0.1, -0.05) is 30.3 Å². The number of nitrogens with one attached hydrogen (secondary N) is 2. The van der Waals surface area contributed by atoms with Gasteiger partial charge in [-0.3, -0.25) is 4.99 Å². The summed E-state index contributed by atoms with van der Waals surface area (Å²) in [5, 5.41) is 3.33. The zero-order valence-corrected chi connectivity index (χ0v) is 17.7. The number of aromatic amines is 1. The summed E-state index contributed by atoms with van der Waals surface area (Å²) < 4.78 is 24.8. The molecule has 4 rings (SSSR count). The molecule has 3 aromatic rings. The number of ether oxygens (including phenoxy) is 2. The summed E-state index contributed by atoms with van der Waals surface area (Å²) in [5.74, 6) is 2.02. The van der Waals surface area contributed by atoms with Crippen LogP contribution >= 0.6 is 0 Å². The molecule has 31 heavy (non-hydrogen) atoms. The first kappa shape index (κ1) is 20.9. The van der Waals surface area contributed by atoms with Gasteiger partial charge in [-0.2, -0.15) is 0 Å². The lowest BCUT2D eigenvalue weighted by Crippen LogP contribution is -2.39. The molecule has 7 nitrogen and oxygen atoms in total. The lowest BCUT2D eigenvalue weighted by Gasteiger charge is -2.23. The quantitative estimate of drug-likeness (QED) is 0.470. The summed E-state index contributed by atoms with van der Waals surface area (Å²) in [7, 11) is 3.69. The number of aromatic nitrogens is 2. The lowest BCUT2D eigenvalue weighted by atomic mass is 10.1. The van der Waals surface area contributed by atoms with E-state index in [9.17, 15) is 4.39 Å². The maximum absolute atomic E-state index is 13.9. The van der Waals surface area contributed by atoms with Crippen LogP contribution in [0.3, 0.4) is 0 Å². The van der Waals surface area contributed by atoms with Crippen LogP contribution in [-0.4, -0.2) is 48.3 Å². The molecule has 2 N–H and O–H groups in total. The molecule has 0 radical (unpaired) electrons. The molecular weight excluding hydrogens is 397 g/mol. The van der Waals surface area contributed by atoms with E-state index in [1.807, 2.05) is 48.5 Å². The zero-order valence-electron chi connectivity index (χ0n) is 17.7. The van der Waals surface area contributed by atoms with Crippen LogP contribution in [0.25, 0.3) is 11.3 Å². The minimum atomic E-state index is -0.281. The van der Waals surface area contributed by atoms with Crippen LogP contribution < -0.4 is 10.1 Å². The minimum Gasteiger partial charge on any atom is -0.467 e. The number of benzene rings is 2. The number of rotatable bonds is 6.